The van der Waals surface area contributed by atoms with E-state index in [0.29, 0.717) is 6.42 Å². The predicted molar refractivity (Wildman–Crippen MR) is 64.7 cm³/mol. The van der Waals surface area contributed by atoms with Crippen LogP contribution in [0.2, 0.25) is 0 Å². The summed E-state index contributed by atoms with van der Waals surface area (Å²) >= 11 is 0. The average molecular weight is 261 g/mol. The van der Waals surface area contributed by atoms with Crippen LogP contribution in [0.3, 0.4) is 0 Å². The maximum atomic E-state index is 13.0. The molecule has 0 saturated carbocycles. The Kier molecular flexibility index (Phi) is 4.50. The van der Waals surface area contributed by atoms with E-state index in [4.69, 9.17) is 0 Å². The molecule has 2 heterocycles. The smallest absolute Gasteiger partial charge is 0.251 e. The summed E-state index contributed by atoms with van der Waals surface area (Å²) in [5, 5.41) is 3.25. The van der Waals surface area contributed by atoms with Crippen molar-refractivity contribution in [2.45, 2.75) is 25.2 Å². The van der Waals surface area contributed by atoms with Crippen LogP contribution in [0.25, 0.3) is 0 Å². The normalized spacial score (nSPS) is 25.1. The van der Waals surface area contributed by atoms with E-state index in [1.54, 1.807) is 4.90 Å². The number of carbonyl (C=O) groups excluding carboxylic acids is 1. The molecule has 0 aromatic heterocycles. The van der Waals surface area contributed by atoms with E-state index in [0.717, 1.165) is 32.7 Å². The maximum absolute atomic E-state index is 13.0. The van der Waals surface area contributed by atoms with E-state index in [1.807, 2.05) is 0 Å². The fraction of sp³-hybridized carbons (Fsp3) is 0.917. The molecule has 0 aromatic rings. The van der Waals surface area contributed by atoms with Crippen LogP contribution < -0.4 is 5.32 Å². The van der Waals surface area contributed by atoms with Gasteiger partial charge in [0.1, 0.15) is 0 Å². The molecule has 6 heteroatoms. The Morgan fingerprint density at radius 1 is 1.11 bits per heavy atom. The number of likely N-dealkylation sites (tertiary alicyclic amines) is 1. The molecule has 2 rings (SSSR count). The van der Waals surface area contributed by atoms with Crippen LogP contribution in [0.1, 0.15) is 19.3 Å². The molecule has 0 radical (unpaired) electrons. The van der Waals surface area contributed by atoms with Gasteiger partial charge in [-0.3, -0.25) is 4.79 Å². The summed E-state index contributed by atoms with van der Waals surface area (Å²) in [4.78, 5) is 15.7. The van der Waals surface area contributed by atoms with Gasteiger partial charge in [0, 0.05) is 65.1 Å². The highest BCUT2D eigenvalue weighted by molar-refractivity contribution is 5.76. The Morgan fingerprint density at radius 3 is 2.33 bits per heavy atom. The molecule has 0 aromatic carbocycles. The first-order chi connectivity index (χ1) is 8.57. The quantitative estimate of drug-likeness (QED) is 0.805. The van der Waals surface area contributed by atoms with E-state index in [9.17, 15) is 13.6 Å². The molecule has 4 nitrogen and oxygen atoms in total. The molecule has 0 aliphatic carbocycles. The molecule has 104 valence electrons. The summed E-state index contributed by atoms with van der Waals surface area (Å²) in [7, 11) is 0. The minimum absolute atomic E-state index is 0.0176. The van der Waals surface area contributed by atoms with Crippen molar-refractivity contribution in [2.75, 3.05) is 45.8 Å². The number of carbonyl (C=O) groups is 1. The Hall–Kier alpha value is -0.750. The summed E-state index contributed by atoms with van der Waals surface area (Å²) < 4.78 is 25.9. The van der Waals surface area contributed by atoms with Crippen LogP contribution in [0.15, 0.2) is 0 Å². The van der Waals surface area contributed by atoms with Gasteiger partial charge in [-0.2, -0.15) is 0 Å². The van der Waals surface area contributed by atoms with Crippen molar-refractivity contribution in [1.29, 1.82) is 0 Å². The van der Waals surface area contributed by atoms with Gasteiger partial charge in [-0.15, -0.1) is 0 Å². The molecule has 2 fully saturated rings. The lowest BCUT2D eigenvalue weighted by atomic mass is 10.1. The molecule has 0 unspecified atom stereocenters. The number of piperazine rings is 1. The maximum Gasteiger partial charge on any atom is 0.251 e. The third-order valence-corrected chi connectivity index (χ3v) is 3.70. The number of piperidine rings is 1. The summed E-state index contributed by atoms with van der Waals surface area (Å²) in [5.74, 6) is -2.56. The number of hydrogen-bond acceptors (Lipinski definition) is 3. The van der Waals surface area contributed by atoms with Gasteiger partial charge in [0.05, 0.1) is 0 Å². The lowest BCUT2D eigenvalue weighted by Crippen LogP contribution is -2.46. The van der Waals surface area contributed by atoms with Crippen molar-refractivity contribution in [2.24, 2.45) is 0 Å². The van der Waals surface area contributed by atoms with Crippen molar-refractivity contribution >= 4 is 5.91 Å². The van der Waals surface area contributed by atoms with E-state index in [-0.39, 0.29) is 31.8 Å². The van der Waals surface area contributed by atoms with E-state index in [2.05, 4.69) is 10.2 Å². The zero-order valence-corrected chi connectivity index (χ0v) is 10.6. The predicted octanol–water partition coefficient (Wildman–Crippen LogP) is 0.539. The number of alkyl halides is 2. The fourth-order valence-corrected chi connectivity index (χ4v) is 2.43. The lowest BCUT2D eigenvalue weighted by Gasteiger charge is -2.33. The first-order valence-electron chi connectivity index (χ1n) is 6.65. The van der Waals surface area contributed by atoms with Gasteiger partial charge >= 0.3 is 0 Å². The Labute approximate surface area is 106 Å². The number of nitrogens with zero attached hydrogens (tertiary/aromatic N) is 2. The Morgan fingerprint density at radius 2 is 1.72 bits per heavy atom. The Bertz CT molecular complexity index is 283. The first-order valence-corrected chi connectivity index (χ1v) is 6.65. The van der Waals surface area contributed by atoms with E-state index < -0.39 is 5.92 Å². The van der Waals surface area contributed by atoms with Crippen LogP contribution in [0, 0.1) is 0 Å². The van der Waals surface area contributed by atoms with Crippen molar-refractivity contribution in [3.63, 3.8) is 0 Å². The minimum Gasteiger partial charge on any atom is -0.342 e. The number of halogens is 2. The van der Waals surface area contributed by atoms with Crippen LogP contribution in [-0.2, 0) is 4.79 Å². The highest BCUT2D eigenvalue weighted by Gasteiger charge is 2.35. The number of amides is 1. The van der Waals surface area contributed by atoms with Gasteiger partial charge in [-0.25, -0.2) is 8.78 Å². The minimum atomic E-state index is -2.57. The molecule has 0 spiro atoms. The SMILES string of the molecule is O=C(CCN1CCNCC1)N1CCC(F)(F)CC1. The highest BCUT2D eigenvalue weighted by Crippen LogP contribution is 2.27. The molecule has 1 N–H and O–H groups in total. The first kappa shape index (κ1) is 13.7. The standard InChI is InChI=1S/C12H21F2N3O/c13-12(14)2-7-17(8-3-12)11(18)1-6-16-9-4-15-5-10-16/h15H,1-10H2. The van der Waals surface area contributed by atoms with Crippen LogP contribution in [0.5, 0.6) is 0 Å². The molecule has 18 heavy (non-hydrogen) atoms. The topological polar surface area (TPSA) is 35.6 Å². The van der Waals surface area contributed by atoms with Gasteiger partial charge in [0.25, 0.3) is 5.92 Å². The molecular formula is C12H21F2N3O. The van der Waals surface area contributed by atoms with Crippen molar-refractivity contribution in [1.82, 2.24) is 15.1 Å². The van der Waals surface area contributed by atoms with Crippen LogP contribution in [-0.4, -0.2) is 67.4 Å². The fourth-order valence-electron chi connectivity index (χ4n) is 2.43. The zero-order valence-electron chi connectivity index (χ0n) is 10.6. The largest absolute Gasteiger partial charge is 0.342 e. The molecule has 2 aliphatic heterocycles. The van der Waals surface area contributed by atoms with Gasteiger partial charge in [-0.05, 0) is 0 Å². The number of rotatable bonds is 3. The average Bonchev–Trinajstić information content (AvgIpc) is 2.37. The third-order valence-electron chi connectivity index (χ3n) is 3.70. The second kappa shape index (κ2) is 5.93. The molecule has 2 aliphatic rings. The highest BCUT2D eigenvalue weighted by atomic mass is 19.3. The summed E-state index contributed by atoms with van der Waals surface area (Å²) in [6, 6.07) is 0. The van der Waals surface area contributed by atoms with Gasteiger partial charge in [-0.1, -0.05) is 0 Å². The van der Waals surface area contributed by atoms with Crippen LogP contribution in [0.4, 0.5) is 8.78 Å². The van der Waals surface area contributed by atoms with E-state index >= 15 is 0 Å². The summed E-state index contributed by atoms with van der Waals surface area (Å²) in [5.41, 5.74) is 0. The number of nitrogens with one attached hydrogen (secondary N) is 1. The zero-order chi connectivity index (χ0) is 13.0. The van der Waals surface area contributed by atoms with Crippen LogP contribution >= 0.6 is 0 Å². The van der Waals surface area contributed by atoms with Crippen molar-refractivity contribution in [3.8, 4) is 0 Å². The second-order valence-electron chi connectivity index (χ2n) is 5.08. The van der Waals surface area contributed by atoms with E-state index in [1.165, 1.54) is 0 Å². The third kappa shape index (κ3) is 3.88. The molecule has 0 atom stereocenters. The van der Waals surface area contributed by atoms with Gasteiger partial charge in [0.15, 0.2) is 0 Å². The summed E-state index contributed by atoms with van der Waals surface area (Å²) in [6.45, 7) is 5.00. The molecule has 2 saturated heterocycles. The van der Waals surface area contributed by atoms with Gasteiger partial charge < -0.3 is 15.1 Å². The monoisotopic (exact) mass is 261 g/mol. The number of hydrogen-bond donors (Lipinski definition) is 1. The van der Waals surface area contributed by atoms with Crippen molar-refractivity contribution in [3.05, 3.63) is 0 Å². The van der Waals surface area contributed by atoms with Crippen molar-refractivity contribution < 1.29 is 13.6 Å². The summed E-state index contributed by atoms with van der Waals surface area (Å²) in [6.07, 6.45) is 0.0737. The molecule has 1 amide bonds. The van der Waals surface area contributed by atoms with Gasteiger partial charge in [0.2, 0.25) is 5.91 Å². The molecule has 0 bridgehead atoms. The Balaban J connectivity index is 1.68. The molecular weight excluding hydrogens is 240 g/mol. The second-order valence-corrected chi connectivity index (χ2v) is 5.08. The lowest BCUT2D eigenvalue weighted by molar-refractivity contribution is -0.137.